The fourth-order valence-electron chi connectivity index (χ4n) is 2.02. The van der Waals surface area contributed by atoms with Gasteiger partial charge in [0.1, 0.15) is 5.54 Å². The Morgan fingerprint density at radius 3 is 2.27 bits per heavy atom. The van der Waals surface area contributed by atoms with Crippen LogP contribution in [0.5, 0.6) is 0 Å². The summed E-state index contributed by atoms with van der Waals surface area (Å²) < 4.78 is 5.68. The molecule has 122 valence electrons. The molecule has 0 fully saturated rings. The molecule has 2 atom stereocenters. The maximum Gasteiger partial charge on any atom is 0.269 e. The van der Waals surface area contributed by atoms with E-state index in [1.807, 2.05) is 6.92 Å². The van der Waals surface area contributed by atoms with E-state index in [0.29, 0.717) is 12.0 Å². The fraction of sp³-hybridized carbons (Fsp3) is 0.462. The van der Waals surface area contributed by atoms with Crippen LogP contribution in [-0.4, -0.2) is 26.3 Å². The van der Waals surface area contributed by atoms with E-state index in [4.69, 9.17) is 39.5 Å². The maximum atomic E-state index is 10.7. The van der Waals surface area contributed by atoms with Gasteiger partial charge in [0, 0.05) is 17.7 Å². The van der Waals surface area contributed by atoms with Gasteiger partial charge in [0.2, 0.25) is 11.0 Å². The van der Waals surface area contributed by atoms with Crippen molar-refractivity contribution in [3.8, 4) is 0 Å². The molecule has 0 saturated carbocycles. The number of hydrogen-bond acceptors (Lipinski definition) is 4. The Labute approximate surface area is 149 Å². The summed E-state index contributed by atoms with van der Waals surface area (Å²) >= 11 is 18.3. The zero-order valence-electron chi connectivity index (χ0n) is 11.8. The molecule has 1 aromatic rings. The highest BCUT2D eigenvalue weighted by atomic mass is 35.5. The molecule has 22 heavy (non-hydrogen) atoms. The van der Waals surface area contributed by atoms with Gasteiger partial charge in [-0.25, -0.2) is 4.99 Å². The zero-order chi connectivity index (χ0) is 15.8. The molecule has 0 aliphatic carbocycles. The molecule has 0 radical (unpaired) electrons. The number of aliphatic imine (C=N–C) groups is 1. The van der Waals surface area contributed by atoms with Crippen LogP contribution >= 0.6 is 47.2 Å². The summed E-state index contributed by atoms with van der Waals surface area (Å²) in [5.41, 5.74) is -0.225. The highest BCUT2D eigenvalue weighted by molar-refractivity contribution is 6.49. The number of benzene rings is 1. The van der Waals surface area contributed by atoms with Crippen molar-refractivity contribution in [1.82, 2.24) is 0 Å². The van der Waals surface area contributed by atoms with E-state index in [1.54, 1.807) is 19.1 Å². The predicted molar refractivity (Wildman–Crippen MR) is 90.7 cm³/mol. The van der Waals surface area contributed by atoms with Crippen molar-refractivity contribution >= 4 is 58.8 Å². The van der Waals surface area contributed by atoms with E-state index < -0.39 is 20.4 Å². The largest absolute Gasteiger partial charge is 0.449 e. The third kappa shape index (κ3) is 3.13. The Balaban J connectivity index is 0.00000242. The summed E-state index contributed by atoms with van der Waals surface area (Å²) in [7, 11) is 0. The van der Waals surface area contributed by atoms with Crippen molar-refractivity contribution in [2.75, 3.05) is 0 Å². The Morgan fingerprint density at radius 1 is 1.36 bits per heavy atom. The van der Waals surface area contributed by atoms with Gasteiger partial charge in [0.25, 0.3) is 5.69 Å². The molecule has 1 aromatic carbocycles. The summed E-state index contributed by atoms with van der Waals surface area (Å²) in [6, 6.07) is 5.84. The first-order valence-electron chi connectivity index (χ1n) is 6.24. The van der Waals surface area contributed by atoms with Crippen LogP contribution in [0.15, 0.2) is 29.3 Å². The number of rotatable bonds is 4. The molecule has 0 amide bonds. The quantitative estimate of drug-likeness (QED) is 0.427. The van der Waals surface area contributed by atoms with E-state index in [1.165, 1.54) is 12.1 Å². The number of nitro groups is 1. The number of nitrogens with zero attached hydrogens (tertiary/aromatic N) is 2. The maximum absolute atomic E-state index is 10.7. The highest BCUT2D eigenvalue weighted by Gasteiger charge is 2.58. The first-order chi connectivity index (χ1) is 9.73. The second kappa shape index (κ2) is 6.79. The van der Waals surface area contributed by atoms with Crippen molar-refractivity contribution in [3.63, 3.8) is 0 Å². The molecular weight excluding hydrogens is 374 g/mol. The minimum atomic E-state index is -1.37. The lowest BCUT2D eigenvalue weighted by molar-refractivity contribution is -0.384. The highest BCUT2D eigenvalue weighted by Crippen LogP contribution is 2.48. The topological polar surface area (TPSA) is 64.7 Å². The Kier molecular flexibility index (Phi) is 5.95. The van der Waals surface area contributed by atoms with Gasteiger partial charge in [-0.2, -0.15) is 0 Å². The van der Waals surface area contributed by atoms with E-state index >= 15 is 0 Å². The first-order valence-corrected chi connectivity index (χ1v) is 7.49. The standard InChI is InChI=1S/C13H13Cl3N2O3.ClH/c1-3-12(2)13(16,11(14)15)21-10(17-12)8-4-6-9(7-5-8)18(19)20;/h4-7,11H,3H2,1-2H3;1H. The van der Waals surface area contributed by atoms with Gasteiger partial charge in [0.15, 0.2) is 4.84 Å². The van der Waals surface area contributed by atoms with E-state index in [-0.39, 0.29) is 24.0 Å². The molecule has 0 spiro atoms. The third-order valence-corrected chi connectivity index (χ3v) is 5.16. The van der Waals surface area contributed by atoms with Crippen LogP contribution in [0.1, 0.15) is 25.8 Å². The summed E-state index contributed by atoms with van der Waals surface area (Å²) in [5.74, 6) is 0.274. The molecule has 5 nitrogen and oxygen atoms in total. The predicted octanol–water partition coefficient (Wildman–Crippen LogP) is 4.70. The second-order valence-corrected chi connectivity index (χ2v) is 6.55. The SMILES string of the molecule is CCC1(C)N=C(c2ccc([N+](=O)[O-])cc2)OC1(Cl)C(Cl)Cl.Cl. The average Bonchev–Trinajstić information content (AvgIpc) is 2.73. The van der Waals surface area contributed by atoms with Gasteiger partial charge in [0.05, 0.1) is 4.92 Å². The van der Waals surface area contributed by atoms with Crippen molar-refractivity contribution in [2.45, 2.75) is 35.7 Å². The van der Waals surface area contributed by atoms with Gasteiger partial charge in [-0.1, -0.05) is 41.7 Å². The summed E-state index contributed by atoms with van der Waals surface area (Å²) in [5, 5.41) is 9.29. The molecule has 1 aliphatic rings. The first kappa shape index (κ1) is 19.3. The lowest BCUT2D eigenvalue weighted by Crippen LogP contribution is -2.49. The lowest BCUT2D eigenvalue weighted by atomic mass is 9.93. The number of alkyl halides is 3. The monoisotopic (exact) mass is 386 g/mol. The molecule has 0 saturated heterocycles. The number of hydrogen-bond donors (Lipinski definition) is 0. The molecule has 2 unspecified atom stereocenters. The molecule has 9 heteroatoms. The molecule has 1 heterocycles. The normalized spacial score (nSPS) is 27.1. The van der Waals surface area contributed by atoms with Crippen molar-refractivity contribution in [2.24, 2.45) is 4.99 Å². The van der Waals surface area contributed by atoms with Crippen LogP contribution in [0, 0.1) is 10.1 Å². The van der Waals surface area contributed by atoms with Crippen LogP contribution in [0.2, 0.25) is 0 Å². The molecule has 0 bridgehead atoms. The molecule has 1 aliphatic heterocycles. The fourth-order valence-corrected chi connectivity index (χ4v) is 2.83. The molecule has 2 rings (SSSR count). The summed E-state index contributed by atoms with van der Waals surface area (Å²) in [6.07, 6.45) is 0.572. The Hall–Kier alpha value is -0.750. The van der Waals surface area contributed by atoms with E-state index in [9.17, 15) is 10.1 Å². The van der Waals surface area contributed by atoms with Crippen LogP contribution in [0.25, 0.3) is 0 Å². The number of halogens is 4. The third-order valence-electron chi connectivity index (χ3n) is 3.62. The van der Waals surface area contributed by atoms with Gasteiger partial charge in [-0.05, 0) is 25.5 Å². The number of ether oxygens (including phenoxy) is 1. The minimum absolute atomic E-state index is 0. The summed E-state index contributed by atoms with van der Waals surface area (Å²) in [4.78, 5) is 13.7. The van der Waals surface area contributed by atoms with Crippen LogP contribution in [0.3, 0.4) is 0 Å². The number of nitro benzene ring substituents is 1. The average molecular weight is 388 g/mol. The minimum Gasteiger partial charge on any atom is -0.449 e. The van der Waals surface area contributed by atoms with Crippen molar-refractivity contribution in [1.29, 1.82) is 0 Å². The Bertz CT molecular complexity index is 593. The van der Waals surface area contributed by atoms with E-state index in [2.05, 4.69) is 4.99 Å². The van der Waals surface area contributed by atoms with Crippen LogP contribution in [0.4, 0.5) is 5.69 Å². The van der Waals surface area contributed by atoms with Gasteiger partial charge in [-0.15, -0.1) is 12.4 Å². The van der Waals surface area contributed by atoms with Gasteiger partial charge >= 0.3 is 0 Å². The van der Waals surface area contributed by atoms with Gasteiger partial charge in [-0.3, -0.25) is 10.1 Å². The second-order valence-electron chi connectivity index (χ2n) is 4.90. The lowest BCUT2D eigenvalue weighted by Gasteiger charge is -2.35. The molecule has 0 N–H and O–H groups in total. The van der Waals surface area contributed by atoms with Crippen molar-refractivity contribution < 1.29 is 9.66 Å². The van der Waals surface area contributed by atoms with Crippen LogP contribution < -0.4 is 0 Å². The van der Waals surface area contributed by atoms with E-state index in [0.717, 1.165) is 0 Å². The number of non-ortho nitro benzene ring substituents is 1. The smallest absolute Gasteiger partial charge is 0.269 e. The van der Waals surface area contributed by atoms with Crippen LogP contribution in [-0.2, 0) is 4.74 Å². The van der Waals surface area contributed by atoms with Crippen molar-refractivity contribution in [3.05, 3.63) is 39.9 Å². The summed E-state index contributed by atoms with van der Waals surface area (Å²) in [6.45, 7) is 3.70. The molecular formula is C13H14Cl4N2O3. The zero-order valence-corrected chi connectivity index (χ0v) is 14.8. The van der Waals surface area contributed by atoms with Gasteiger partial charge < -0.3 is 4.74 Å². The molecule has 0 aromatic heterocycles. The Morgan fingerprint density at radius 2 is 1.91 bits per heavy atom.